The second-order valence-electron chi connectivity index (χ2n) is 5.69. The van der Waals surface area contributed by atoms with Crippen LogP contribution in [0.5, 0.6) is 0 Å². The summed E-state index contributed by atoms with van der Waals surface area (Å²) in [6, 6.07) is 6.31. The summed E-state index contributed by atoms with van der Waals surface area (Å²) in [6.45, 7) is 5.63. The number of benzene rings is 1. The Labute approximate surface area is 146 Å². The van der Waals surface area contributed by atoms with Crippen LogP contribution in [0.15, 0.2) is 24.3 Å². The van der Waals surface area contributed by atoms with E-state index in [0.717, 1.165) is 12.0 Å². The summed E-state index contributed by atoms with van der Waals surface area (Å²) >= 11 is 5.86. The van der Waals surface area contributed by atoms with Crippen LogP contribution in [0.4, 0.5) is 4.79 Å². The molecular weight excluding hydrogens is 332 g/mol. The van der Waals surface area contributed by atoms with E-state index in [1.54, 1.807) is 24.3 Å². The summed E-state index contributed by atoms with van der Waals surface area (Å²) in [6.07, 6.45) is 0.758. The number of rotatable bonds is 7. The third-order valence-corrected chi connectivity index (χ3v) is 3.54. The quantitative estimate of drug-likeness (QED) is 0.737. The summed E-state index contributed by atoms with van der Waals surface area (Å²) in [7, 11) is 0. The lowest BCUT2D eigenvalue weighted by atomic mass is 9.88. The number of hydrogen-bond acceptors (Lipinski definition) is 4. The lowest BCUT2D eigenvalue weighted by molar-refractivity contribution is -0.150. The highest BCUT2D eigenvalue weighted by atomic mass is 35.5. The Morgan fingerprint density at radius 2 is 1.79 bits per heavy atom. The van der Waals surface area contributed by atoms with Crippen molar-refractivity contribution in [3.8, 4) is 0 Å². The Morgan fingerprint density at radius 3 is 2.33 bits per heavy atom. The fourth-order valence-corrected chi connectivity index (χ4v) is 2.26. The van der Waals surface area contributed by atoms with Gasteiger partial charge in [0.05, 0.1) is 5.92 Å². The van der Waals surface area contributed by atoms with Crippen molar-refractivity contribution in [3.63, 3.8) is 0 Å². The molecule has 0 aliphatic rings. The molecule has 1 rings (SSSR count). The SMILES string of the molecule is CCCNC(=O)NC(=O)COC(=O)[C@H](c1ccc(Cl)cc1)C(C)C. The zero-order valence-corrected chi connectivity index (χ0v) is 14.9. The lowest BCUT2D eigenvalue weighted by Gasteiger charge is -2.19. The van der Waals surface area contributed by atoms with Crippen LogP contribution in [0, 0.1) is 5.92 Å². The van der Waals surface area contributed by atoms with Gasteiger partial charge >= 0.3 is 12.0 Å². The fourth-order valence-electron chi connectivity index (χ4n) is 2.14. The average molecular weight is 355 g/mol. The molecule has 6 nitrogen and oxygen atoms in total. The van der Waals surface area contributed by atoms with E-state index in [9.17, 15) is 14.4 Å². The summed E-state index contributed by atoms with van der Waals surface area (Å²) in [5, 5.41) is 5.18. The first-order chi connectivity index (χ1) is 11.3. The largest absolute Gasteiger partial charge is 0.455 e. The van der Waals surface area contributed by atoms with E-state index >= 15 is 0 Å². The Hall–Kier alpha value is -2.08. The number of nitrogens with one attached hydrogen (secondary N) is 2. The molecule has 7 heteroatoms. The second kappa shape index (κ2) is 9.93. The maximum atomic E-state index is 12.3. The van der Waals surface area contributed by atoms with Gasteiger partial charge in [0.1, 0.15) is 0 Å². The second-order valence-corrected chi connectivity index (χ2v) is 6.12. The average Bonchev–Trinajstić information content (AvgIpc) is 2.52. The van der Waals surface area contributed by atoms with Gasteiger partial charge in [0.2, 0.25) is 0 Å². The third kappa shape index (κ3) is 6.58. The number of amides is 3. The van der Waals surface area contributed by atoms with E-state index in [-0.39, 0.29) is 5.92 Å². The van der Waals surface area contributed by atoms with Crippen LogP contribution in [0.25, 0.3) is 0 Å². The van der Waals surface area contributed by atoms with E-state index in [0.29, 0.717) is 11.6 Å². The zero-order chi connectivity index (χ0) is 18.1. The van der Waals surface area contributed by atoms with Crippen LogP contribution in [0.2, 0.25) is 5.02 Å². The van der Waals surface area contributed by atoms with Gasteiger partial charge in [0.25, 0.3) is 5.91 Å². The zero-order valence-electron chi connectivity index (χ0n) is 14.1. The van der Waals surface area contributed by atoms with Crippen LogP contribution in [-0.2, 0) is 14.3 Å². The highest BCUT2D eigenvalue weighted by Crippen LogP contribution is 2.27. The van der Waals surface area contributed by atoms with Gasteiger partial charge in [-0.25, -0.2) is 4.79 Å². The van der Waals surface area contributed by atoms with Crippen molar-refractivity contribution in [2.24, 2.45) is 5.92 Å². The molecule has 1 atom stereocenters. The van der Waals surface area contributed by atoms with Crippen molar-refractivity contribution in [2.75, 3.05) is 13.2 Å². The molecular formula is C17H23ClN2O4. The van der Waals surface area contributed by atoms with Crippen molar-refractivity contribution in [1.29, 1.82) is 0 Å². The van der Waals surface area contributed by atoms with Crippen molar-refractivity contribution < 1.29 is 19.1 Å². The van der Waals surface area contributed by atoms with E-state index in [1.165, 1.54) is 0 Å². The van der Waals surface area contributed by atoms with Crippen molar-refractivity contribution in [3.05, 3.63) is 34.9 Å². The molecule has 0 aromatic heterocycles. The monoisotopic (exact) mass is 354 g/mol. The minimum Gasteiger partial charge on any atom is -0.455 e. The first kappa shape index (κ1) is 20.0. The first-order valence-corrected chi connectivity index (χ1v) is 8.22. The molecule has 0 radical (unpaired) electrons. The Kier molecular flexibility index (Phi) is 8.26. The predicted molar refractivity (Wildman–Crippen MR) is 91.8 cm³/mol. The van der Waals surface area contributed by atoms with Gasteiger partial charge in [-0.3, -0.25) is 14.9 Å². The maximum Gasteiger partial charge on any atom is 0.321 e. The molecule has 24 heavy (non-hydrogen) atoms. The Morgan fingerprint density at radius 1 is 1.17 bits per heavy atom. The molecule has 0 fully saturated rings. The predicted octanol–water partition coefficient (Wildman–Crippen LogP) is 2.86. The molecule has 2 N–H and O–H groups in total. The van der Waals surface area contributed by atoms with Gasteiger partial charge in [-0.1, -0.05) is 44.5 Å². The molecule has 132 valence electrons. The third-order valence-electron chi connectivity index (χ3n) is 3.28. The minimum absolute atomic E-state index is 0.0189. The van der Waals surface area contributed by atoms with E-state index < -0.39 is 30.4 Å². The highest BCUT2D eigenvalue weighted by molar-refractivity contribution is 6.30. The fraction of sp³-hybridized carbons (Fsp3) is 0.471. The van der Waals surface area contributed by atoms with Gasteiger partial charge in [-0.05, 0) is 30.0 Å². The summed E-state index contributed by atoms with van der Waals surface area (Å²) in [5.41, 5.74) is 0.764. The van der Waals surface area contributed by atoms with Gasteiger partial charge in [0.15, 0.2) is 6.61 Å². The standard InChI is InChI=1S/C17H23ClN2O4/c1-4-9-19-17(23)20-14(21)10-24-16(22)15(11(2)3)12-5-7-13(18)8-6-12/h5-8,11,15H,4,9-10H2,1-3H3,(H2,19,20,21,23)/t15-/m0/s1. The number of carbonyl (C=O) groups excluding carboxylic acids is 3. The molecule has 0 unspecified atom stereocenters. The number of urea groups is 1. The molecule has 0 spiro atoms. The van der Waals surface area contributed by atoms with Gasteiger partial charge in [0, 0.05) is 11.6 Å². The van der Waals surface area contributed by atoms with E-state index in [1.807, 2.05) is 20.8 Å². The summed E-state index contributed by atoms with van der Waals surface area (Å²) in [4.78, 5) is 35.3. The first-order valence-electron chi connectivity index (χ1n) is 7.85. The van der Waals surface area contributed by atoms with Crippen LogP contribution in [-0.4, -0.2) is 31.1 Å². The Bertz CT molecular complexity index is 572. The van der Waals surface area contributed by atoms with Crippen LogP contribution < -0.4 is 10.6 Å². The normalized spacial score (nSPS) is 11.7. The van der Waals surface area contributed by atoms with Gasteiger partial charge in [-0.2, -0.15) is 0 Å². The molecule has 1 aromatic rings. The number of carbonyl (C=O) groups is 3. The number of hydrogen-bond donors (Lipinski definition) is 2. The van der Waals surface area contributed by atoms with Crippen LogP contribution in [0.3, 0.4) is 0 Å². The minimum atomic E-state index is -0.671. The molecule has 0 heterocycles. The van der Waals surface area contributed by atoms with Gasteiger partial charge in [-0.15, -0.1) is 0 Å². The molecule has 0 saturated carbocycles. The summed E-state index contributed by atoms with van der Waals surface area (Å²) < 4.78 is 5.05. The maximum absolute atomic E-state index is 12.3. The van der Waals surface area contributed by atoms with Crippen molar-refractivity contribution >= 4 is 29.5 Å². The van der Waals surface area contributed by atoms with Crippen molar-refractivity contribution in [1.82, 2.24) is 10.6 Å². The summed E-state index contributed by atoms with van der Waals surface area (Å²) in [5.74, 6) is -1.72. The van der Waals surface area contributed by atoms with Crippen LogP contribution in [0.1, 0.15) is 38.7 Å². The molecule has 0 saturated heterocycles. The molecule has 0 aliphatic carbocycles. The molecule has 1 aromatic carbocycles. The van der Waals surface area contributed by atoms with Gasteiger partial charge < -0.3 is 10.1 Å². The molecule has 0 bridgehead atoms. The number of esters is 1. The van der Waals surface area contributed by atoms with Crippen molar-refractivity contribution in [2.45, 2.75) is 33.1 Å². The lowest BCUT2D eigenvalue weighted by Crippen LogP contribution is -2.42. The molecule has 0 aliphatic heterocycles. The van der Waals surface area contributed by atoms with E-state index in [4.69, 9.17) is 16.3 Å². The topological polar surface area (TPSA) is 84.5 Å². The molecule has 3 amide bonds. The number of ether oxygens (including phenoxy) is 1. The van der Waals surface area contributed by atoms with Crippen LogP contribution >= 0.6 is 11.6 Å². The number of imide groups is 1. The number of halogens is 1. The van der Waals surface area contributed by atoms with E-state index in [2.05, 4.69) is 10.6 Å². The Balaban J connectivity index is 2.58. The highest BCUT2D eigenvalue weighted by Gasteiger charge is 2.26. The smallest absolute Gasteiger partial charge is 0.321 e.